The predicted molar refractivity (Wildman–Crippen MR) is 150 cm³/mol. The van der Waals surface area contributed by atoms with E-state index < -0.39 is 0 Å². The molecule has 178 valence electrons. The van der Waals surface area contributed by atoms with Crippen molar-refractivity contribution in [2.45, 2.75) is 0 Å². The summed E-state index contributed by atoms with van der Waals surface area (Å²) in [5.74, 6) is -0.650. The van der Waals surface area contributed by atoms with Crippen molar-refractivity contribution in [3.8, 4) is 16.8 Å². The van der Waals surface area contributed by atoms with Gasteiger partial charge in [-0.1, -0.05) is 78.9 Å². The lowest BCUT2D eigenvalue weighted by Gasteiger charge is -2.14. The standard InChI is InChI=1S/C33H19N3O2/c1-34-23-17-14-21(15-18-23)22-16-19-26-25-10-5-6-12-28(25)36(30(26)20-22)29-13-7-11-27-31(29)33(38)35(32(27)37)24-8-3-2-4-9-24/h2-20H. The summed E-state index contributed by atoms with van der Waals surface area (Å²) in [6, 6.07) is 36.4. The van der Waals surface area contributed by atoms with Crippen LogP contribution in [0, 0.1) is 6.57 Å². The van der Waals surface area contributed by atoms with E-state index in [9.17, 15) is 9.59 Å². The molecule has 7 rings (SSSR count). The molecule has 0 radical (unpaired) electrons. The van der Waals surface area contributed by atoms with Crippen LogP contribution in [0.3, 0.4) is 0 Å². The predicted octanol–water partition coefficient (Wildman–Crippen LogP) is 7.80. The Labute approximate surface area is 218 Å². The van der Waals surface area contributed by atoms with E-state index in [2.05, 4.69) is 33.7 Å². The summed E-state index contributed by atoms with van der Waals surface area (Å²) in [7, 11) is 0. The maximum Gasteiger partial charge on any atom is 0.268 e. The molecule has 5 heteroatoms. The molecule has 5 nitrogen and oxygen atoms in total. The number of amides is 2. The zero-order valence-electron chi connectivity index (χ0n) is 20.1. The van der Waals surface area contributed by atoms with Gasteiger partial charge in [0, 0.05) is 10.8 Å². The summed E-state index contributed by atoms with van der Waals surface area (Å²) in [5, 5.41) is 2.11. The van der Waals surface area contributed by atoms with Gasteiger partial charge in [-0.15, -0.1) is 0 Å². The molecule has 0 unspecified atom stereocenters. The van der Waals surface area contributed by atoms with Crippen LogP contribution in [0.1, 0.15) is 20.7 Å². The van der Waals surface area contributed by atoms with Crippen molar-refractivity contribution in [3.05, 3.63) is 138 Å². The monoisotopic (exact) mass is 489 g/mol. The van der Waals surface area contributed by atoms with Gasteiger partial charge in [-0.2, -0.15) is 0 Å². The molecule has 0 N–H and O–H groups in total. The van der Waals surface area contributed by atoms with Crippen molar-refractivity contribution in [3.63, 3.8) is 0 Å². The van der Waals surface area contributed by atoms with E-state index in [-0.39, 0.29) is 11.8 Å². The Morgan fingerprint density at radius 2 is 1.32 bits per heavy atom. The lowest BCUT2D eigenvalue weighted by molar-refractivity contribution is 0.0926. The lowest BCUT2D eigenvalue weighted by Crippen LogP contribution is -2.29. The van der Waals surface area contributed by atoms with Gasteiger partial charge in [0.25, 0.3) is 11.8 Å². The number of nitrogens with zero attached hydrogens (tertiary/aromatic N) is 3. The number of hydrogen-bond acceptors (Lipinski definition) is 2. The normalized spacial score (nSPS) is 12.8. The van der Waals surface area contributed by atoms with Crippen molar-refractivity contribution in [2.75, 3.05) is 4.90 Å². The number of aromatic nitrogens is 1. The van der Waals surface area contributed by atoms with E-state index in [0.29, 0.717) is 28.2 Å². The third-order valence-electron chi connectivity index (χ3n) is 7.15. The molecule has 0 spiro atoms. The molecule has 2 amide bonds. The fourth-order valence-electron chi connectivity index (χ4n) is 5.40. The van der Waals surface area contributed by atoms with Gasteiger partial charge in [-0.05, 0) is 47.5 Å². The Hall–Kier alpha value is -5.47. The molecule has 38 heavy (non-hydrogen) atoms. The van der Waals surface area contributed by atoms with Crippen LogP contribution in [-0.2, 0) is 0 Å². The smallest absolute Gasteiger partial charge is 0.268 e. The van der Waals surface area contributed by atoms with E-state index in [1.54, 1.807) is 18.2 Å². The maximum absolute atomic E-state index is 13.8. The minimum atomic E-state index is -0.330. The lowest BCUT2D eigenvalue weighted by atomic mass is 10.0. The van der Waals surface area contributed by atoms with E-state index in [1.807, 2.05) is 72.8 Å². The average Bonchev–Trinajstić information content (AvgIpc) is 3.44. The third kappa shape index (κ3) is 3.11. The fourth-order valence-corrected chi connectivity index (χ4v) is 5.40. The Bertz CT molecular complexity index is 1960. The number of rotatable bonds is 3. The first-order valence-corrected chi connectivity index (χ1v) is 12.2. The van der Waals surface area contributed by atoms with E-state index in [4.69, 9.17) is 6.57 Å². The summed E-state index contributed by atoms with van der Waals surface area (Å²) in [4.78, 5) is 32.0. The summed E-state index contributed by atoms with van der Waals surface area (Å²) in [6.07, 6.45) is 0. The molecule has 5 aromatic carbocycles. The first-order chi connectivity index (χ1) is 18.7. The second kappa shape index (κ2) is 8.29. The van der Waals surface area contributed by atoms with Crippen LogP contribution in [-0.4, -0.2) is 16.4 Å². The topological polar surface area (TPSA) is 46.7 Å². The molecule has 0 fully saturated rings. The highest BCUT2D eigenvalue weighted by atomic mass is 16.2. The number of para-hydroxylation sites is 2. The molecular weight excluding hydrogens is 470 g/mol. The first kappa shape index (κ1) is 21.8. The average molecular weight is 490 g/mol. The molecule has 0 saturated carbocycles. The van der Waals surface area contributed by atoms with Crippen LogP contribution in [0.25, 0.3) is 43.5 Å². The van der Waals surface area contributed by atoms with Crippen LogP contribution in [0.15, 0.2) is 115 Å². The number of hydrogen-bond donors (Lipinski definition) is 0. The van der Waals surface area contributed by atoms with Gasteiger partial charge in [0.2, 0.25) is 0 Å². The highest BCUT2D eigenvalue weighted by Gasteiger charge is 2.39. The zero-order chi connectivity index (χ0) is 25.8. The SMILES string of the molecule is [C-]#[N+]c1ccc(-c2ccc3c4ccccc4n(-c4cccc5c4C(=O)N(c4ccccc4)C5=O)c3c2)cc1. The molecule has 6 aromatic rings. The van der Waals surface area contributed by atoms with E-state index in [0.717, 1.165) is 32.9 Å². The maximum atomic E-state index is 13.8. The number of fused-ring (bicyclic) bond motifs is 4. The minimum Gasteiger partial charge on any atom is -0.308 e. The van der Waals surface area contributed by atoms with Crippen molar-refractivity contribution >= 4 is 45.0 Å². The number of imide groups is 1. The van der Waals surface area contributed by atoms with Crippen molar-refractivity contribution in [1.29, 1.82) is 0 Å². The van der Waals surface area contributed by atoms with E-state index in [1.165, 1.54) is 4.90 Å². The largest absolute Gasteiger partial charge is 0.308 e. The van der Waals surface area contributed by atoms with Crippen molar-refractivity contribution in [2.24, 2.45) is 0 Å². The second-order valence-electron chi connectivity index (χ2n) is 9.22. The number of carbonyl (C=O) groups excluding carboxylic acids is 2. The highest BCUT2D eigenvalue weighted by Crippen LogP contribution is 2.39. The molecular formula is C33H19N3O2. The van der Waals surface area contributed by atoms with Gasteiger partial charge in [0.1, 0.15) is 0 Å². The molecule has 0 atom stereocenters. The summed E-state index contributed by atoms with van der Waals surface area (Å²) in [5.41, 5.74) is 6.50. The van der Waals surface area contributed by atoms with Gasteiger partial charge >= 0.3 is 0 Å². The Morgan fingerprint density at radius 3 is 2.11 bits per heavy atom. The highest BCUT2D eigenvalue weighted by molar-refractivity contribution is 6.35. The van der Waals surface area contributed by atoms with Gasteiger partial charge < -0.3 is 4.57 Å². The van der Waals surface area contributed by atoms with Crippen LogP contribution in [0.5, 0.6) is 0 Å². The summed E-state index contributed by atoms with van der Waals surface area (Å²) < 4.78 is 2.08. The molecule has 1 aliphatic heterocycles. The molecule has 0 saturated heterocycles. The first-order valence-electron chi connectivity index (χ1n) is 12.2. The van der Waals surface area contributed by atoms with Crippen LogP contribution in [0.4, 0.5) is 11.4 Å². The Balaban J connectivity index is 1.49. The zero-order valence-corrected chi connectivity index (χ0v) is 20.1. The molecule has 1 aliphatic rings. The molecule has 2 heterocycles. The quantitative estimate of drug-likeness (QED) is 0.188. The minimum absolute atomic E-state index is 0.320. The molecule has 1 aromatic heterocycles. The Morgan fingerprint density at radius 1 is 0.605 bits per heavy atom. The van der Waals surface area contributed by atoms with Crippen molar-refractivity contribution in [1.82, 2.24) is 4.57 Å². The van der Waals surface area contributed by atoms with Gasteiger partial charge in [0.15, 0.2) is 5.69 Å². The van der Waals surface area contributed by atoms with Crippen molar-refractivity contribution < 1.29 is 9.59 Å². The third-order valence-corrected chi connectivity index (χ3v) is 7.15. The fraction of sp³-hybridized carbons (Fsp3) is 0. The van der Waals surface area contributed by atoms with Crippen LogP contribution in [0.2, 0.25) is 0 Å². The number of benzene rings is 5. The summed E-state index contributed by atoms with van der Waals surface area (Å²) >= 11 is 0. The van der Waals surface area contributed by atoms with Gasteiger partial charge in [-0.3, -0.25) is 9.59 Å². The summed E-state index contributed by atoms with van der Waals surface area (Å²) in [6.45, 7) is 7.24. The molecule has 0 aliphatic carbocycles. The van der Waals surface area contributed by atoms with Crippen LogP contribution < -0.4 is 4.90 Å². The second-order valence-corrected chi connectivity index (χ2v) is 9.22. The number of anilines is 1. The Kier molecular flexibility index (Phi) is 4.75. The van der Waals surface area contributed by atoms with Crippen LogP contribution >= 0.6 is 0 Å². The van der Waals surface area contributed by atoms with E-state index >= 15 is 0 Å². The molecule has 0 bridgehead atoms. The van der Waals surface area contributed by atoms with Gasteiger partial charge in [0.05, 0.1) is 40.1 Å². The number of carbonyl (C=O) groups is 2. The van der Waals surface area contributed by atoms with Gasteiger partial charge in [-0.25, -0.2) is 9.74 Å².